The quantitative estimate of drug-likeness (QED) is 0.763. The summed E-state index contributed by atoms with van der Waals surface area (Å²) in [6.07, 6.45) is 2.04. The molecule has 0 radical (unpaired) electrons. The van der Waals surface area contributed by atoms with Crippen LogP contribution in [-0.4, -0.2) is 51.3 Å². The van der Waals surface area contributed by atoms with Crippen molar-refractivity contribution in [3.8, 4) is 5.75 Å². The first-order chi connectivity index (χ1) is 11.2. The fourth-order valence-corrected chi connectivity index (χ4v) is 2.99. The van der Waals surface area contributed by atoms with Gasteiger partial charge in [0.2, 0.25) is 0 Å². The topological polar surface area (TPSA) is 82.7 Å². The van der Waals surface area contributed by atoms with Crippen LogP contribution >= 0.6 is 0 Å². The Bertz CT molecular complexity index is 599. The second-order valence-electron chi connectivity index (χ2n) is 5.79. The summed E-state index contributed by atoms with van der Waals surface area (Å²) in [5.74, 6) is 0.458. The first kappa shape index (κ1) is 15.6. The van der Waals surface area contributed by atoms with Crippen LogP contribution in [0.1, 0.15) is 23.2 Å². The van der Waals surface area contributed by atoms with Crippen molar-refractivity contribution < 1.29 is 14.3 Å². The number of methoxy groups -OCH3 is 1. The van der Waals surface area contributed by atoms with Crippen LogP contribution < -0.4 is 25.6 Å². The zero-order valence-corrected chi connectivity index (χ0v) is 13.2. The Morgan fingerprint density at radius 2 is 2.26 bits per heavy atom. The van der Waals surface area contributed by atoms with Crippen molar-refractivity contribution in [2.45, 2.75) is 18.9 Å². The summed E-state index contributed by atoms with van der Waals surface area (Å²) in [5, 5.41) is 9.07. The summed E-state index contributed by atoms with van der Waals surface area (Å²) in [7, 11) is 1.56. The third-order valence-electron chi connectivity index (χ3n) is 4.22. The molecular weight excluding hydrogens is 296 g/mol. The maximum atomic E-state index is 12.5. The number of amides is 3. The van der Waals surface area contributed by atoms with Crippen molar-refractivity contribution in [2.75, 3.05) is 38.2 Å². The van der Waals surface area contributed by atoms with E-state index in [1.54, 1.807) is 30.2 Å². The molecule has 3 rings (SSSR count). The van der Waals surface area contributed by atoms with E-state index in [-0.39, 0.29) is 18.0 Å². The van der Waals surface area contributed by atoms with Gasteiger partial charge in [-0.05, 0) is 37.6 Å². The van der Waals surface area contributed by atoms with Gasteiger partial charge in [0.1, 0.15) is 5.75 Å². The Morgan fingerprint density at radius 1 is 1.39 bits per heavy atom. The number of urea groups is 1. The Hall–Kier alpha value is -2.28. The number of hydrogen-bond acceptors (Lipinski definition) is 4. The van der Waals surface area contributed by atoms with Crippen LogP contribution in [0.15, 0.2) is 18.2 Å². The van der Waals surface area contributed by atoms with E-state index in [1.807, 2.05) is 0 Å². The van der Waals surface area contributed by atoms with E-state index in [0.29, 0.717) is 30.1 Å². The molecule has 2 heterocycles. The third kappa shape index (κ3) is 3.39. The van der Waals surface area contributed by atoms with Crippen LogP contribution in [0, 0.1) is 0 Å². The van der Waals surface area contributed by atoms with E-state index in [4.69, 9.17) is 4.74 Å². The Balaban J connectivity index is 1.79. The minimum absolute atomic E-state index is 0.123. The molecule has 0 bridgehead atoms. The predicted molar refractivity (Wildman–Crippen MR) is 87.1 cm³/mol. The highest BCUT2D eigenvalue weighted by Gasteiger charge is 2.25. The third-order valence-corrected chi connectivity index (χ3v) is 4.22. The maximum absolute atomic E-state index is 12.5. The molecule has 124 valence electrons. The smallest absolute Gasteiger partial charge is 0.322 e. The molecule has 3 N–H and O–H groups in total. The molecular formula is C16H22N4O3. The summed E-state index contributed by atoms with van der Waals surface area (Å²) >= 11 is 0. The molecule has 1 aromatic rings. The van der Waals surface area contributed by atoms with Gasteiger partial charge in [0.05, 0.1) is 12.8 Å². The summed E-state index contributed by atoms with van der Waals surface area (Å²) in [4.78, 5) is 25.9. The summed E-state index contributed by atoms with van der Waals surface area (Å²) in [5.41, 5.74) is 1.16. The fraction of sp³-hybridized carbons (Fsp3) is 0.500. The molecule has 3 amide bonds. The number of anilines is 1. The fourth-order valence-electron chi connectivity index (χ4n) is 2.99. The van der Waals surface area contributed by atoms with Crippen LogP contribution in [0.2, 0.25) is 0 Å². The SMILES string of the molecule is COc1ccc(C(=O)N[C@H]2CCCNC2)cc1N1CCNC1=O. The first-order valence-electron chi connectivity index (χ1n) is 7.94. The number of rotatable bonds is 4. The summed E-state index contributed by atoms with van der Waals surface area (Å²) in [6, 6.07) is 5.15. The van der Waals surface area contributed by atoms with Gasteiger partial charge in [-0.15, -0.1) is 0 Å². The van der Waals surface area contributed by atoms with E-state index >= 15 is 0 Å². The van der Waals surface area contributed by atoms with E-state index in [2.05, 4.69) is 16.0 Å². The van der Waals surface area contributed by atoms with Crippen LogP contribution in [0.3, 0.4) is 0 Å². The molecule has 2 aliphatic rings. The maximum Gasteiger partial charge on any atom is 0.322 e. The minimum atomic E-state index is -0.169. The minimum Gasteiger partial charge on any atom is -0.495 e. The highest BCUT2D eigenvalue weighted by atomic mass is 16.5. The molecule has 1 aromatic carbocycles. The number of nitrogens with one attached hydrogen (secondary N) is 3. The molecule has 0 saturated carbocycles. The lowest BCUT2D eigenvalue weighted by molar-refractivity contribution is 0.0930. The van der Waals surface area contributed by atoms with Crippen molar-refractivity contribution in [3.05, 3.63) is 23.8 Å². The van der Waals surface area contributed by atoms with Gasteiger partial charge in [0.15, 0.2) is 0 Å². The molecule has 0 spiro atoms. The van der Waals surface area contributed by atoms with Crippen molar-refractivity contribution in [3.63, 3.8) is 0 Å². The van der Waals surface area contributed by atoms with Crippen LogP contribution in [0.25, 0.3) is 0 Å². The first-order valence-corrected chi connectivity index (χ1v) is 7.94. The van der Waals surface area contributed by atoms with E-state index in [9.17, 15) is 9.59 Å². The number of hydrogen-bond donors (Lipinski definition) is 3. The van der Waals surface area contributed by atoms with Crippen molar-refractivity contribution >= 4 is 17.6 Å². The molecule has 2 aliphatic heterocycles. The van der Waals surface area contributed by atoms with Gasteiger partial charge in [0.25, 0.3) is 5.91 Å². The molecule has 1 atom stereocenters. The van der Waals surface area contributed by atoms with E-state index < -0.39 is 0 Å². The number of ether oxygens (including phenoxy) is 1. The second kappa shape index (κ2) is 6.87. The summed E-state index contributed by atoms with van der Waals surface area (Å²) in [6.45, 7) is 2.95. The number of nitrogens with zero attached hydrogens (tertiary/aromatic N) is 1. The second-order valence-corrected chi connectivity index (χ2v) is 5.79. The highest BCUT2D eigenvalue weighted by Crippen LogP contribution is 2.30. The largest absolute Gasteiger partial charge is 0.495 e. The molecule has 0 aromatic heterocycles. The van der Waals surface area contributed by atoms with Crippen molar-refractivity contribution in [1.29, 1.82) is 0 Å². The highest BCUT2D eigenvalue weighted by molar-refractivity contribution is 6.00. The number of carbonyl (C=O) groups is 2. The summed E-state index contributed by atoms with van der Waals surface area (Å²) < 4.78 is 5.33. The molecule has 2 fully saturated rings. The number of piperidine rings is 1. The zero-order valence-electron chi connectivity index (χ0n) is 13.2. The van der Waals surface area contributed by atoms with Gasteiger partial charge in [-0.25, -0.2) is 4.79 Å². The Labute approximate surface area is 135 Å². The molecule has 7 nitrogen and oxygen atoms in total. The molecule has 0 unspecified atom stereocenters. The Morgan fingerprint density at radius 3 is 2.91 bits per heavy atom. The van der Waals surface area contributed by atoms with Gasteiger partial charge in [-0.1, -0.05) is 0 Å². The molecule has 7 heteroatoms. The van der Waals surface area contributed by atoms with Gasteiger partial charge in [-0.3, -0.25) is 9.69 Å². The van der Waals surface area contributed by atoms with Crippen molar-refractivity contribution in [1.82, 2.24) is 16.0 Å². The number of benzene rings is 1. The van der Waals surface area contributed by atoms with Gasteiger partial charge < -0.3 is 20.7 Å². The lowest BCUT2D eigenvalue weighted by Gasteiger charge is -2.24. The monoisotopic (exact) mass is 318 g/mol. The lowest BCUT2D eigenvalue weighted by atomic mass is 10.1. The van der Waals surface area contributed by atoms with Crippen LogP contribution in [-0.2, 0) is 0 Å². The molecule has 2 saturated heterocycles. The van der Waals surface area contributed by atoms with E-state index in [0.717, 1.165) is 25.9 Å². The van der Waals surface area contributed by atoms with Crippen LogP contribution in [0.5, 0.6) is 5.75 Å². The molecule has 23 heavy (non-hydrogen) atoms. The zero-order chi connectivity index (χ0) is 16.2. The standard InChI is InChI=1S/C16H22N4O3/c1-23-14-5-4-11(9-13(14)20-8-7-18-16(20)22)15(21)19-12-3-2-6-17-10-12/h4-5,9,12,17H,2-3,6-8,10H2,1H3,(H,18,22)(H,19,21)/t12-/m0/s1. The van der Waals surface area contributed by atoms with Crippen LogP contribution in [0.4, 0.5) is 10.5 Å². The average molecular weight is 318 g/mol. The number of carbonyl (C=O) groups excluding carboxylic acids is 2. The average Bonchev–Trinajstić information content (AvgIpc) is 3.01. The normalized spacial score (nSPS) is 21.0. The molecule has 0 aliphatic carbocycles. The van der Waals surface area contributed by atoms with Gasteiger partial charge >= 0.3 is 6.03 Å². The van der Waals surface area contributed by atoms with Crippen molar-refractivity contribution in [2.24, 2.45) is 0 Å². The van der Waals surface area contributed by atoms with Gasteiger partial charge in [-0.2, -0.15) is 0 Å². The van der Waals surface area contributed by atoms with Gasteiger partial charge in [0, 0.05) is 31.2 Å². The lowest BCUT2D eigenvalue weighted by Crippen LogP contribution is -2.45. The Kier molecular flexibility index (Phi) is 4.66. The predicted octanol–water partition coefficient (Wildman–Crippen LogP) is 0.707. The van der Waals surface area contributed by atoms with E-state index in [1.165, 1.54) is 0 Å².